The van der Waals surface area contributed by atoms with Gasteiger partial charge in [-0.15, -0.1) is 0 Å². The van der Waals surface area contributed by atoms with Crippen molar-refractivity contribution in [3.8, 4) is 6.07 Å². The Kier molecular flexibility index (Phi) is 8.59. The van der Waals surface area contributed by atoms with E-state index in [-0.39, 0.29) is 11.9 Å². The first-order valence-electron chi connectivity index (χ1n) is 7.79. The second-order valence-electron chi connectivity index (χ2n) is 5.29. The van der Waals surface area contributed by atoms with E-state index in [1.54, 1.807) is 19.1 Å². The second-order valence-corrected chi connectivity index (χ2v) is 5.29. The molecule has 0 amide bonds. The average molecular weight is 301 g/mol. The van der Waals surface area contributed by atoms with E-state index in [0.29, 0.717) is 18.6 Å². The van der Waals surface area contributed by atoms with Gasteiger partial charge in [0, 0.05) is 12.3 Å². The molecule has 0 heterocycles. The van der Waals surface area contributed by atoms with Crippen LogP contribution in [-0.4, -0.2) is 18.9 Å². The first-order valence-corrected chi connectivity index (χ1v) is 7.79. The van der Waals surface area contributed by atoms with E-state index in [1.165, 1.54) is 0 Å². The van der Waals surface area contributed by atoms with Gasteiger partial charge in [0.05, 0.1) is 18.2 Å². The highest BCUT2D eigenvalue weighted by atomic mass is 16.5. The largest absolute Gasteiger partial charge is 0.466 e. The third-order valence-corrected chi connectivity index (χ3v) is 3.59. The Labute approximate surface area is 132 Å². The van der Waals surface area contributed by atoms with Crippen LogP contribution in [0.15, 0.2) is 24.3 Å². The Morgan fingerprint density at radius 2 is 2.00 bits per heavy atom. The van der Waals surface area contributed by atoms with Crippen molar-refractivity contribution in [1.29, 1.82) is 5.26 Å². The highest BCUT2D eigenvalue weighted by Crippen LogP contribution is 2.16. The minimum absolute atomic E-state index is 0.0258. The fourth-order valence-electron chi connectivity index (χ4n) is 2.29. The summed E-state index contributed by atoms with van der Waals surface area (Å²) < 4.78 is 4.87. The molecule has 0 N–H and O–H groups in total. The molecule has 0 aliphatic carbocycles. The van der Waals surface area contributed by atoms with Crippen molar-refractivity contribution in [1.82, 2.24) is 0 Å². The lowest BCUT2D eigenvalue weighted by molar-refractivity contribution is -0.143. The molecular formula is C18H23NO3. The van der Waals surface area contributed by atoms with Crippen molar-refractivity contribution >= 4 is 12.3 Å². The third-order valence-electron chi connectivity index (χ3n) is 3.59. The summed E-state index contributed by atoms with van der Waals surface area (Å²) in [5.74, 6) is -0.138. The number of carbonyl (C=O) groups is 2. The number of unbranched alkanes of at least 4 members (excludes halogenated alkanes) is 1. The summed E-state index contributed by atoms with van der Waals surface area (Å²) in [7, 11) is 0. The lowest BCUT2D eigenvalue weighted by Gasteiger charge is -2.10. The zero-order valence-electron chi connectivity index (χ0n) is 13.1. The SMILES string of the molecule is CCOC(=O)CCCCC(C=O)CCc1ccc(C#N)cc1. The highest BCUT2D eigenvalue weighted by Gasteiger charge is 2.09. The van der Waals surface area contributed by atoms with Crippen LogP contribution in [0.5, 0.6) is 0 Å². The summed E-state index contributed by atoms with van der Waals surface area (Å²) in [6.45, 7) is 2.21. The Bertz CT molecular complexity index is 502. The van der Waals surface area contributed by atoms with Crippen molar-refractivity contribution < 1.29 is 14.3 Å². The number of hydrogen-bond donors (Lipinski definition) is 0. The van der Waals surface area contributed by atoms with Gasteiger partial charge in [0.25, 0.3) is 0 Å². The van der Waals surface area contributed by atoms with E-state index in [4.69, 9.17) is 10.00 Å². The fraction of sp³-hybridized carbons (Fsp3) is 0.500. The van der Waals surface area contributed by atoms with Crippen LogP contribution in [0.25, 0.3) is 0 Å². The number of benzene rings is 1. The molecule has 1 atom stereocenters. The molecule has 4 nitrogen and oxygen atoms in total. The first kappa shape index (κ1) is 17.9. The molecule has 0 aliphatic heterocycles. The number of nitrogens with zero attached hydrogens (tertiary/aromatic N) is 1. The molecule has 0 bridgehead atoms. The van der Waals surface area contributed by atoms with Crippen LogP contribution >= 0.6 is 0 Å². The lowest BCUT2D eigenvalue weighted by atomic mass is 9.95. The van der Waals surface area contributed by atoms with E-state index in [2.05, 4.69) is 6.07 Å². The van der Waals surface area contributed by atoms with Gasteiger partial charge in [-0.25, -0.2) is 0 Å². The van der Waals surface area contributed by atoms with Crippen LogP contribution in [0, 0.1) is 17.2 Å². The first-order chi connectivity index (χ1) is 10.7. The molecule has 0 aromatic heterocycles. The molecule has 0 radical (unpaired) electrons. The predicted octanol–water partition coefficient (Wildman–Crippen LogP) is 3.43. The topological polar surface area (TPSA) is 67.2 Å². The van der Waals surface area contributed by atoms with Gasteiger partial charge in [0.2, 0.25) is 0 Å². The van der Waals surface area contributed by atoms with Crippen LogP contribution in [0.1, 0.15) is 50.2 Å². The van der Waals surface area contributed by atoms with Gasteiger partial charge in [0.1, 0.15) is 6.29 Å². The smallest absolute Gasteiger partial charge is 0.305 e. The van der Waals surface area contributed by atoms with Crippen molar-refractivity contribution in [2.45, 2.75) is 45.4 Å². The molecule has 0 spiro atoms. The minimum Gasteiger partial charge on any atom is -0.466 e. The zero-order valence-corrected chi connectivity index (χ0v) is 13.1. The van der Waals surface area contributed by atoms with Crippen molar-refractivity contribution in [3.63, 3.8) is 0 Å². The Morgan fingerprint density at radius 3 is 2.59 bits per heavy atom. The monoisotopic (exact) mass is 301 g/mol. The molecular weight excluding hydrogens is 278 g/mol. The number of aryl methyl sites for hydroxylation is 1. The molecule has 0 saturated carbocycles. The number of ether oxygens (including phenoxy) is 1. The van der Waals surface area contributed by atoms with Gasteiger partial charge in [-0.05, 0) is 50.3 Å². The number of rotatable bonds is 10. The van der Waals surface area contributed by atoms with E-state index in [1.807, 2.05) is 12.1 Å². The highest BCUT2D eigenvalue weighted by molar-refractivity contribution is 5.69. The van der Waals surface area contributed by atoms with Gasteiger partial charge in [-0.3, -0.25) is 4.79 Å². The average Bonchev–Trinajstić information content (AvgIpc) is 2.55. The quantitative estimate of drug-likeness (QED) is 0.377. The van der Waals surface area contributed by atoms with Crippen LogP contribution < -0.4 is 0 Å². The fourth-order valence-corrected chi connectivity index (χ4v) is 2.29. The Balaban J connectivity index is 2.25. The van der Waals surface area contributed by atoms with Gasteiger partial charge < -0.3 is 9.53 Å². The van der Waals surface area contributed by atoms with E-state index in [0.717, 1.165) is 44.0 Å². The van der Waals surface area contributed by atoms with Crippen molar-refractivity contribution in [2.75, 3.05) is 6.61 Å². The summed E-state index contributed by atoms with van der Waals surface area (Å²) in [6.07, 6.45) is 5.49. The van der Waals surface area contributed by atoms with Crippen molar-refractivity contribution in [2.24, 2.45) is 5.92 Å². The second kappa shape index (κ2) is 10.6. The number of esters is 1. The standard InChI is InChI=1S/C18H23NO3/c1-2-22-18(21)6-4-3-5-17(14-20)12-9-15-7-10-16(13-19)11-8-15/h7-8,10-11,14,17H,2-6,9,12H2,1H3. The summed E-state index contributed by atoms with van der Waals surface area (Å²) in [4.78, 5) is 22.3. The molecule has 1 unspecified atom stereocenters. The molecule has 1 aromatic rings. The summed E-state index contributed by atoms with van der Waals surface area (Å²) in [6, 6.07) is 9.54. The number of hydrogen-bond acceptors (Lipinski definition) is 4. The summed E-state index contributed by atoms with van der Waals surface area (Å²) in [5.41, 5.74) is 1.78. The Hall–Kier alpha value is -2.15. The minimum atomic E-state index is -0.164. The van der Waals surface area contributed by atoms with Gasteiger partial charge in [0.15, 0.2) is 0 Å². The lowest BCUT2D eigenvalue weighted by Crippen LogP contribution is -2.06. The molecule has 118 valence electrons. The maximum atomic E-state index is 11.2. The number of nitriles is 1. The van der Waals surface area contributed by atoms with Crippen LogP contribution in [0.3, 0.4) is 0 Å². The van der Waals surface area contributed by atoms with Crippen LogP contribution in [0.2, 0.25) is 0 Å². The van der Waals surface area contributed by atoms with Crippen molar-refractivity contribution in [3.05, 3.63) is 35.4 Å². The maximum absolute atomic E-state index is 11.2. The normalized spacial score (nSPS) is 11.5. The third kappa shape index (κ3) is 7.03. The van der Waals surface area contributed by atoms with Crippen LogP contribution in [0.4, 0.5) is 0 Å². The van der Waals surface area contributed by atoms with E-state index in [9.17, 15) is 9.59 Å². The molecule has 0 aliphatic rings. The van der Waals surface area contributed by atoms with E-state index >= 15 is 0 Å². The van der Waals surface area contributed by atoms with Crippen LogP contribution in [-0.2, 0) is 20.7 Å². The predicted molar refractivity (Wildman–Crippen MR) is 84.1 cm³/mol. The van der Waals surface area contributed by atoms with Gasteiger partial charge >= 0.3 is 5.97 Å². The molecule has 1 aromatic carbocycles. The number of carbonyl (C=O) groups excluding carboxylic acids is 2. The van der Waals surface area contributed by atoms with Gasteiger partial charge in [-0.1, -0.05) is 18.6 Å². The van der Waals surface area contributed by atoms with E-state index < -0.39 is 0 Å². The molecule has 1 rings (SSSR count). The Morgan fingerprint density at radius 1 is 1.27 bits per heavy atom. The zero-order chi connectivity index (χ0) is 16.2. The van der Waals surface area contributed by atoms with Gasteiger partial charge in [-0.2, -0.15) is 5.26 Å². The maximum Gasteiger partial charge on any atom is 0.305 e. The summed E-state index contributed by atoms with van der Waals surface area (Å²) >= 11 is 0. The molecule has 22 heavy (non-hydrogen) atoms. The number of aldehydes is 1. The summed E-state index contributed by atoms with van der Waals surface area (Å²) in [5, 5.41) is 8.75. The molecule has 0 fully saturated rings. The molecule has 0 saturated heterocycles. The molecule has 4 heteroatoms.